The third-order valence-electron chi connectivity index (χ3n) is 3.71. The third-order valence-corrected chi connectivity index (χ3v) is 5.64. The van der Waals surface area contributed by atoms with Crippen molar-refractivity contribution in [2.24, 2.45) is 5.92 Å². The molecule has 1 aromatic carbocycles. The Kier molecular flexibility index (Phi) is 5.14. The number of nitrogens with one attached hydrogen (secondary N) is 1. The van der Waals surface area contributed by atoms with Crippen molar-refractivity contribution >= 4 is 33.2 Å². The van der Waals surface area contributed by atoms with Gasteiger partial charge in [-0.05, 0) is 36.5 Å². The van der Waals surface area contributed by atoms with E-state index in [1.165, 1.54) is 13.0 Å². The molecule has 0 bridgehead atoms. The first kappa shape index (κ1) is 17.2. The van der Waals surface area contributed by atoms with Crippen LogP contribution in [0.4, 0.5) is 5.69 Å². The van der Waals surface area contributed by atoms with Crippen molar-refractivity contribution in [3.05, 3.63) is 22.7 Å². The lowest BCUT2D eigenvalue weighted by atomic mass is 10.1. The average molecular weight is 345 g/mol. The van der Waals surface area contributed by atoms with Crippen molar-refractivity contribution < 1.29 is 13.2 Å². The number of carbonyl (C=O) groups is 1. The molecule has 0 radical (unpaired) electrons. The standard InChI is InChI=1S/C15H21ClN2O3S/c1-10(2)4-6-17-22(20,21)15-9-14-12(8-13(15)16)5-7-18(14)11(3)19/h8-10,17H,4-7H2,1-3H3. The first-order valence-electron chi connectivity index (χ1n) is 7.32. The molecule has 1 aliphatic heterocycles. The van der Waals surface area contributed by atoms with Crippen LogP contribution in [-0.4, -0.2) is 27.4 Å². The predicted octanol–water partition coefficient (Wildman–Crippen LogP) is 2.57. The van der Waals surface area contributed by atoms with Crippen LogP contribution < -0.4 is 9.62 Å². The molecule has 0 spiro atoms. The Bertz CT molecular complexity index is 686. The second kappa shape index (κ2) is 6.56. The van der Waals surface area contributed by atoms with Gasteiger partial charge in [-0.2, -0.15) is 0 Å². The number of hydrogen-bond donors (Lipinski definition) is 1. The van der Waals surface area contributed by atoms with E-state index in [-0.39, 0.29) is 15.8 Å². The van der Waals surface area contributed by atoms with Gasteiger partial charge in [-0.3, -0.25) is 4.79 Å². The maximum Gasteiger partial charge on any atom is 0.242 e. The van der Waals surface area contributed by atoms with Crippen molar-refractivity contribution in [2.75, 3.05) is 18.0 Å². The lowest BCUT2D eigenvalue weighted by molar-refractivity contribution is -0.116. The lowest BCUT2D eigenvalue weighted by Gasteiger charge is -2.17. The number of carbonyl (C=O) groups excluding carboxylic acids is 1. The first-order chi connectivity index (χ1) is 10.2. The quantitative estimate of drug-likeness (QED) is 0.892. The van der Waals surface area contributed by atoms with Gasteiger partial charge in [0.25, 0.3) is 0 Å². The summed E-state index contributed by atoms with van der Waals surface area (Å²) >= 11 is 6.14. The zero-order valence-corrected chi connectivity index (χ0v) is 14.6. The highest BCUT2D eigenvalue weighted by Crippen LogP contribution is 2.35. The van der Waals surface area contributed by atoms with E-state index in [1.807, 2.05) is 13.8 Å². The fourth-order valence-corrected chi connectivity index (χ4v) is 4.10. The molecule has 0 saturated heterocycles. The average Bonchev–Trinajstić information content (AvgIpc) is 2.79. The summed E-state index contributed by atoms with van der Waals surface area (Å²) in [5, 5.41) is 0.196. The van der Waals surface area contributed by atoms with Gasteiger partial charge in [-0.25, -0.2) is 13.1 Å². The summed E-state index contributed by atoms with van der Waals surface area (Å²) in [5.41, 5.74) is 1.54. The summed E-state index contributed by atoms with van der Waals surface area (Å²) in [6, 6.07) is 3.15. The van der Waals surface area contributed by atoms with Gasteiger partial charge < -0.3 is 4.90 Å². The van der Waals surface area contributed by atoms with E-state index in [2.05, 4.69) is 4.72 Å². The Balaban J connectivity index is 2.32. The van der Waals surface area contributed by atoms with Crippen molar-refractivity contribution in [1.29, 1.82) is 0 Å². The van der Waals surface area contributed by atoms with E-state index in [1.54, 1.807) is 11.0 Å². The highest BCUT2D eigenvalue weighted by Gasteiger charge is 2.27. The van der Waals surface area contributed by atoms with E-state index in [0.717, 1.165) is 12.0 Å². The number of rotatable bonds is 5. The van der Waals surface area contributed by atoms with Gasteiger partial charge in [0.2, 0.25) is 15.9 Å². The van der Waals surface area contributed by atoms with Crippen molar-refractivity contribution in [3.8, 4) is 0 Å². The van der Waals surface area contributed by atoms with Crippen LogP contribution in [0.3, 0.4) is 0 Å². The van der Waals surface area contributed by atoms with Gasteiger partial charge >= 0.3 is 0 Å². The number of hydrogen-bond acceptors (Lipinski definition) is 3. The highest BCUT2D eigenvalue weighted by atomic mass is 35.5. The summed E-state index contributed by atoms with van der Waals surface area (Å²) in [5.74, 6) is 0.309. The predicted molar refractivity (Wildman–Crippen MR) is 87.8 cm³/mol. The van der Waals surface area contributed by atoms with Crippen LogP contribution in [-0.2, 0) is 21.2 Å². The van der Waals surface area contributed by atoms with E-state index in [4.69, 9.17) is 11.6 Å². The van der Waals surface area contributed by atoms with Crippen molar-refractivity contribution in [3.63, 3.8) is 0 Å². The zero-order chi connectivity index (χ0) is 16.5. The molecule has 1 aromatic rings. The zero-order valence-electron chi connectivity index (χ0n) is 13.0. The maximum absolute atomic E-state index is 12.4. The molecule has 0 saturated carbocycles. The molecule has 0 aliphatic carbocycles. The van der Waals surface area contributed by atoms with Crippen LogP contribution in [0.5, 0.6) is 0 Å². The molecular weight excluding hydrogens is 324 g/mol. The molecule has 0 unspecified atom stereocenters. The van der Waals surface area contributed by atoms with Crippen LogP contribution in [0.1, 0.15) is 32.8 Å². The Labute approximate surface area is 136 Å². The normalized spacial score (nSPS) is 14.5. The van der Waals surface area contributed by atoms with Gasteiger partial charge in [0, 0.05) is 25.7 Å². The van der Waals surface area contributed by atoms with Crippen molar-refractivity contribution in [1.82, 2.24) is 4.72 Å². The molecule has 0 aromatic heterocycles. The Hall–Kier alpha value is -1.11. The molecule has 22 heavy (non-hydrogen) atoms. The minimum Gasteiger partial charge on any atom is -0.312 e. The number of fused-ring (bicyclic) bond motifs is 1. The molecule has 1 amide bonds. The van der Waals surface area contributed by atoms with Gasteiger partial charge in [-0.15, -0.1) is 0 Å². The largest absolute Gasteiger partial charge is 0.312 e. The number of halogens is 1. The fraction of sp³-hybridized carbons (Fsp3) is 0.533. The number of anilines is 1. The number of sulfonamides is 1. The lowest BCUT2D eigenvalue weighted by Crippen LogP contribution is -2.27. The van der Waals surface area contributed by atoms with E-state index in [9.17, 15) is 13.2 Å². The van der Waals surface area contributed by atoms with Gasteiger partial charge in [-0.1, -0.05) is 25.4 Å². The van der Waals surface area contributed by atoms with Crippen LogP contribution in [0.25, 0.3) is 0 Å². The second-order valence-electron chi connectivity index (χ2n) is 5.91. The molecule has 1 N–H and O–H groups in total. The molecule has 7 heteroatoms. The van der Waals surface area contributed by atoms with Crippen molar-refractivity contribution in [2.45, 2.75) is 38.5 Å². The van der Waals surface area contributed by atoms with Gasteiger partial charge in [0.15, 0.2) is 0 Å². The summed E-state index contributed by atoms with van der Waals surface area (Å²) in [4.78, 5) is 13.2. The molecular formula is C15H21ClN2O3S. The van der Waals surface area contributed by atoms with E-state index in [0.29, 0.717) is 31.1 Å². The molecule has 5 nitrogen and oxygen atoms in total. The van der Waals surface area contributed by atoms with Crippen LogP contribution in [0.15, 0.2) is 17.0 Å². The summed E-state index contributed by atoms with van der Waals surface area (Å²) in [6.45, 7) is 6.46. The van der Waals surface area contributed by atoms with Crippen LogP contribution in [0.2, 0.25) is 5.02 Å². The topological polar surface area (TPSA) is 66.5 Å². The smallest absolute Gasteiger partial charge is 0.242 e. The van der Waals surface area contributed by atoms with E-state index < -0.39 is 10.0 Å². The molecule has 0 fully saturated rings. The molecule has 122 valence electrons. The minimum absolute atomic E-state index is 0.0322. The molecule has 2 rings (SSSR count). The SMILES string of the molecule is CC(=O)N1CCc2cc(Cl)c(S(=O)(=O)NCCC(C)C)cc21. The molecule has 1 aliphatic rings. The fourth-order valence-electron chi connectivity index (χ4n) is 2.48. The van der Waals surface area contributed by atoms with E-state index >= 15 is 0 Å². The van der Waals surface area contributed by atoms with Crippen LogP contribution >= 0.6 is 11.6 Å². The van der Waals surface area contributed by atoms with Crippen LogP contribution in [0, 0.1) is 5.92 Å². The monoisotopic (exact) mass is 344 g/mol. The number of nitrogens with zero attached hydrogens (tertiary/aromatic N) is 1. The van der Waals surface area contributed by atoms with Gasteiger partial charge in [0.1, 0.15) is 4.90 Å². The Morgan fingerprint density at radius 2 is 2.09 bits per heavy atom. The minimum atomic E-state index is -3.68. The first-order valence-corrected chi connectivity index (χ1v) is 9.18. The maximum atomic E-state index is 12.4. The summed E-state index contributed by atoms with van der Waals surface area (Å²) in [6.07, 6.45) is 1.44. The molecule has 0 atom stereocenters. The third kappa shape index (κ3) is 3.62. The Morgan fingerprint density at radius 3 is 2.68 bits per heavy atom. The van der Waals surface area contributed by atoms with Gasteiger partial charge in [0.05, 0.1) is 5.02 Å². The Morgan fingerprint density at radius 1 is 1.41 bits per heavy atom. The highest BCUT2D eigenvalue weighted by molar-refractivity contribution is 7.89. The summed E-state index contributed by atoms with van der Waals surface area (Å²) < 4.78 is 27.4. The number of benzene rings is 1. The number of amides is 1. The second-order valence-corrected chi connectivity index (χ2v) is 8.05. The summed E-state index contributed by atoms with van der Waals surface area (Å²) in [7, 11) is -3.68. The molecule has 1 heterocycles.